The van der Waals surface area contributed by atoms with Crippen molar-refractivity contribution in [2.45, 2.75) is 46.3 Å². The lowest BCUT2D eigenvalue weighted by Gasteiger charge is -2.33. The molecule has 1 saturated heterocycles. The third-order valence-electron chi connectivity index (χ3n) is 3.80. The highest BCUT2D eigenvalue weighted by Gasteiger charge is 2.21. The lowest BCUT2D eigenvalue weighted by Crippen LogP contribution is -2.40. The van der Waals surface area contributed by atoms with Crippen molar-refractivity contribution in [1.29, 1.82) is 0 Å². The molecule has 1 fully saturated rings. The van der Waals surface area contributed by atoms with E-state index in [9.17, 15) is 0 Å². The molecule has 2 heterocycles. The van der Waals surface area contributed by atoms with Crippen LogP contribution in [0.25, 0.3) is 0 Å². The maximum absolute atomic E-state index is 5.77. The number of nitrogens with one attached hydrogen (secondary N) is 1. The van der Waals surface area contributed by atoms with Gasteiger partial charge in [0.2, 0.25) is 0 Å². The number of hydrogen-bond donors (Lipinski definition) is 1. The van der Waals surface area contributed by atoms with E-state index in [4.69, 9.17) is 4.74 Å². The maximum Gasteiger partial charge on any atom is 0.128 e. The fourth-order valence-corrected chi connectivity index (χ4v) is 2.77. The van der Waals surface area contributed by atoms with Gasteiger partial charge in [0.25, 0.3) is 0 Å². The van der Waals surface area contributed by atoms with Crippen LogP contribution in [0.3, 0.4) is 0 Å². The molecule has 21 heavy (non-hydrogen) atoms. The Morgan fingerprint density at radius 1 is 1.48 bits per heavy atom. The highest BCUT2D eigenvalue weighted by molar-refractivity contribution is 5.41. The maximum atomic E-state index is 5.77. The van der Waals surface area contributed by atoms with Gasteiger partial charge in [0.05, 0.1) is 6.10 Å². The first-order valence-corrected chi connectivity index (χ1v) is 8.21. The highest BCUT2D eigenvalue weighted by atomic mass is 16.5. The Balaban J connectivity index is 1.93. The van der Waals surface area contributed by atoms with E-state index in [1.807, 2.05) is 6.20 Å². The summed E-state index contributed by atoms with van der Waals surface area (Å²) in [6, 6.07) is 4.31. The molecule has 1 aromatic heterocycles. The van der Waals surface area contributed by atoms with Crippen LogP contribution in [0, 0.1) is 5.92 Å². The van der Waals surface area contributed by atoms with E-state index in [1.54, 1.807) is 0 Å². The summed E-state index contributed by atoms with van der Waals surface area (Å²) in [5, 5.41) is 3.49. The summed E-state index contributed by atoms with van der Waals surface area (Å²) >= 11 is 0. The SMILES string of the molecule is CCOC1CCCN(c2cc(CNCC(C)C)ccn2)C1. The molecule has 4 nitrogen and oxygen atoms in total. The van der Waals surface area contributed by atoms with Crippen LogP contribution in [0.1, 0.15) is 39.2 Å². The van der Waals surface area contributed by atoms with Crippen molar-refractivity contribution in [2.24, 2.45) is 5.92 Å². The highest BCUT2D eigenvalue weighted by Crippen LogP contribution is 2.20. The second kappa shape index (κ2) is 8.35. The summed E-state index contributed by atoms with van der Waals surface area (Å²) in [4.78, 5) is 6.90. The quantitative estimate of drug-likeness (QED) is 0.838. The van der Waals surface area contributed by atoms with Crippen molar-refractivity contribution >= 4 is 5.82 Å². The Labute approximate surface area is 128 Å². The summed E-state index contributed by atoms with van der Waals surface area (Å²) in [5.41, 5.74) is 1.30. The van der Waals surface area contributed by atoms with E-state index in [0.29, 0.717) is 12.0 Å². The lowest BCUT2D eigenvalue weighted by molar-refractivity contribution is 0.0525. The van der Waals surface area contributed by atoms with E-state index in [1.165, 1.54) is 18.4 Å². The summed E-state index contributed by atoms with van der Waals surface area (Å²) in [5.74, 6) is 1.77. The predicted octanol–water partition coefficient (Wildman–Crippen LogP) is 2.83. The zero-order chi connectivity index (χ0) is 15.1. The van der Waals surface area contributed by atoms with Gasteiger partial charge in [-0.2, -0.15) is 0 Å². The van der Waals surface area contributed by atoms with Crippen LogP contribution in [0.5, 0.6) is 0 Å². The molecule has 1 aromatic rings. The van der Waals surface area contributed by atoms with Crippen molar-refractivity contribution in [1.82, 2.24) is 10.3 Å². The van der Waals surface area contributed by atoms with Gasteiger partial charge in [-0.25, -0.2) is 4.98 Å². The first kappa shape index (κ1) is 16.2. The number of pyridine rings is 1. The van der Waals surface area contributed by atoms with Crippen LogP contribution in [-0.4, -0.2) is 37.3 Å². The van der Waals surface area contributed by atoms with Crippen LogP contribution in [-0.2, 0) is 11.3 Å². The van der Waals surface area contributed by atoms with E-state index in [-0.39, 0.29) is 0 Å². The predicted molar refractivity (Wildman–Crippen MR) is 87.6 cm³/mol. The van der Waals surface area contributed by atoms with E-state index < -0.39 is 0 Å². The Bertz CT molecular complexity index is 420. The Hall–Kier alpha value is -1.13. The number of aromatic nitrogens is 1. The minimum absolute atomic E-state index is 0.355. The average Bonchev–Trinajstić information content (AvgIpc) is 2.48. The molecular weight excluding hydrogens is 262 g/mol. The first-order chi connectivity index (χ1) is 10.2. The monoisotopic (exact) mass is 291 g/mol. The molecule has 1 aliphatic heterocycles. The van der Waals surface area contributed by atoms with Crippen molar-refractivity contribution in [3.63, 3.8) is 0 Å². The minimum Gasteiger partial charge on any atom is -0.377 e. The molecule has 0 spiro atoms. The molecule has 1 unspecified atom stereocenters. The van der Waals surface area contributed by atoms with Crippen LogP contribution < -0.4 is 10.2 Å². The third kappa shape index (κ3) is 5.29. The Morgan fingerprint density at radius 3 is 3.10 bits per heavy atom. The second-order valence-electron chi connectivity index (χ2n) is 6.21. The lowest BCUT2D eigenvalue weighted by atomic mass is 10.1. The minimum atomic E-state index is 0.355. The van der Waals surface area contributed by atoms with Crippen molar-refractivity contribution in [2.75, 3.05) is 31.1 Å². The standard InChI is InChI=1S/C17H29N3O/c1-4-21-16-6-5-9-20(13-16)17-10-15(7-8-19-17)12-18-11-14(2)3/h7-8,10,14,16,18H,4-6,9,11-13H2,1-3H3. The number of piperidine rings is 1. The molecule has 0 saturated carbocycles. The first-order valence-electron chi connectivity index (χ1n) is 8.21. The summed E-state index contributed by atoms with van der Waals surface area (Å²) < 4.78 is 5.77. The summed E-state index contributed by atoms with van der Waals surface area (Å²) in [6.45, 7) is 11.3. The molecule has 2 rings (SSSR count). The van der Waals surface area contributed by atoms with Gasteiger partial charge < -0.3 is 15.0 Å². The molecule has 1 aliphatic rings. The zero-order valence-electron chi connectivity index (χ0n) is 13.6. The smallest absolute Gasteiger partial charge is 0.128 e. The molecule has 0 aromatic carbocycles. The van der Waals surface area contributed by atoms with Crippen LogP contribution >= 0.6 is 0 Å². The van der Waals surface area contributed by atoms with Crippen molar-refractivity contribution in [3.8, 4) is 0 Å². The largest absolute Gasteiger partial charge is 0.377 e. The van der Waals surface area contributed by atoms with Crippen LogP contribution in [0.2, 0.25) is 0 Å². The molecule has 0 aliphatic carbocycles. The fourth-order valence-electron chi connectivity index (χ4n) is 2.77. The molecule has 118 valence electrons. The molecule has 1 N–H and O–H groups in total. The average molecular weight is 291 g/mol. The van der Waals surface area contributed by atoms with E-state index >= 15 is 0 Å². The van der Waals surface area contributed by atoms with Gasteiger partial charge in [-0.05, 0) is 49.9 Å². The Morgan fingerprint density at radius 2 is 2.33 bits per heavy atom. The number of anilines is 1. The van der Waals surface area contributed by atoms with Crippen LogP contribution in [0.15, 0.2) is 18.3 Å². The fraction of sp³-hybridized carbons (Fsp3) is 0.706. The van der Waals surface area contributed by atoms with Crippen molar-refractivity contribution in [3.05, 3.63) is 23.9 Å². The van der Waals surface area contributed by atoms with E-state index in [2.05, 4.69) is 48.1 Å². The number of ether oxygens (including phenoxy) is 1. The normalized spacial score (nSPS) is 19.2. The molecule has 1 atom stereocenters. The summed E-state index contributed by atoms with van der Waals surface area (Å²) in [6.07, 6.45) is 4.63. The molecule has 0 radical (unpaired) electrons. The van der Waals surface area contributed by atoms with Gasteiger partial charge in [-0.3, -0.25) is 0 Å². The van der Waals surface area contributed by atoms with E-state index in [0.717, 1.165) is 38.6 Å². The number of rotatable bonds is 7. The topological polar surface area (TPSA) is 37.4 Å². The van der Waals surface area contributed by atoms with Gasteiger partial charge >= 0.3 is 0 Å². The Kier molecular flexibility index (Phi) is 6.46. The second-order valence-corrected chi connectivity index (χ2v) is 6.21. The van der Waals surface area contributed by atoms with Crippen LogP contribution in [0.4, 0.5) is 5.82 Å². The van der Waals surface area contributed by atoms with Gasteiger partial charge in [0.1, 0.15) is 5.82 Å². The van der Waals surface area contributed by atoms with Gasteiger partial charge in [-0.15, -0.1) is 0 Å². The van der Waals surface area contributed by atoms with Gasteiger partial charge in [0, 0.05) is 32.4 Å². The molecule has 4 heteroatoms. The molecule has 0 bridgehead atoms. The van der Waals surface area contributed by atoms with Gasteiger partial charge in [-0.1, -0.05) is 13.8 Å². The summed E-state index contributed by atoms with van der Waals surface area (Å²) in [7, 11) is 0. The number of nitrogens with zero attached hydrogens (tertiary/aromatic N) is 2. The van der Waals surface area contributed by atoms with Gasteiger partial charge in [0.15, 0.2) is 0 Å². The molecule has 0 amide bonds. The molecular formula is C17H29N3O. The number of hydrogen-bond acceptors (Lipinski definition) is 4. The zero-order valence-corrected chi connectivity index (χ0v) is 13.6. The third-order valence-corrected chi connectivity index (χ3v) is 3.80. The van der Waals surface area contributed by atoms with Crippen molar-refractivity contribution < 1.29 is 4.74 Å².